The van der Waals surface area contributed by atoms with Crippen molar-refractivity contribution >= 4 is 33.3 Å². The number of hydrogen-bond acceptors (Lipinski definition) is 5. The van der Waals surface area contributed by atoms with E-state index in [4.69, 9.17) is 4.74 Å². The summed E-state index contributed by atoms with van der Waals surface area (Å²) in [7, 11) is -2.69. The van der Waals surface area contributed by atoms with Crippen molar-refractivity contribution in [2.45, 2.75) is 37.6 Å². The number of esters is 1. The third-order valence-electron chi connectivity index (χ3n) is 7.01. The molecule has 7 nitrogen and oxygen atoms in total. The summed E-state index contributed by atoms with van der Waals surface area (Å²) in [6.45, 7) is 5.57. The van der Waals surface area contributed by atoms with Crippen LogP contribution >= 0.6 is 0 Å². The molecule has 0 radical (unpaired) electrons. The quantitative estimate of drug-likeness (QED) is 0.465. The van der Waals surface area contributed by atoms with E-state index in [9.17, 15) is 18.0 Å². The Balaban J connectivity index is 1.88. The fourth-order valence-corrected chi connectivity index (χ4v) is 7.08. The van der Waals surface area contributed by atoms with Crippen molar-refractivity contribution in [1.82, 2.24) is 4.31 Å². The molecule has 3 aromatic rings. The van der Waals surface area contributed by atoms with E-state index in [1.807, 2.05) is 38.1 Å². The maximum absolute atomic E-state index is 14.5. The Hall–Kier alpha value is -3.91. The van der Waals surface area contributed by atoms with Gasteiger partial charge in [0.25, 0.3) is 15.9 Å². The number of fused-ring (bicyclic) bond motifs is 2. The number of likely N-dealkylation sites (N-methyl/N-ethyl adjacent to an activating group) is 1. The van der Waals surface area contributed by atoms with Crippen LogP contribution in [0.3, 0.4) is 0 Å². The van der Waals surface area contributed by atoms with Gasteiger partial charge < -0.3 is 9.64 Å². The second kappa shape index (κ2) is 8.88. The molecule has 0 saturated heterocycles. The van der Waals surface area contributed by atoms with Crippen LogP contribution in [-0.4, -0.2) is 38.3 Å². The summed E-state index contributed by atoms with van der Waals surface area (Å²) in [4.78, 5) is 29.1. The van der Waals surface area contributed by atoms with Crippen LogP contribution in [-0.2, 0) is 29.9 Å². The van der Waals surface area contributed by atoms with Crippen molar-refractivity contribution in [2.24, 2.45) is 0 Å². The first-order valence-electron chi connectivity index (χ1n) is 12.1. The Morgan fingerprint density at radius 2 is 1.62 bits per heavy atom. The van der Waals surface area contributed by atoms with E-state index in [0.717, 1.165) is 11.1 Å². The Morgan fingerprint density at radius 3 is 2.27 bits per heavy atom. The molecule has 1 unspecified atom stereocenters. The highest BCUT2D eigenvalue weighted by atomic mass is 32.2. The van der Waals surface area contributed by atoms with Gasteiger partial charge in [0.15, 0.2) is 5.54 Å². The first-order chi connectivity index (χ1) is 17.6. The third-order valence-corrected chi connectivity index (χ3v) is 8.86. The highest BCUT2D eigenvalue weighted by Gasteiger charge is 2.63. The molecule has 37 heavy (non-hydrogen) atoms. The Kier molecular flexibility index (Phi) is 5.95. The van der Waals surface area contributed by atoms with Gasteiger partial charge in [0, 0.05) is 24.7 Å². The predicted molar refractivity (Wildman–Crippen MR) is 141 cm³/mol. The van der Waals surface area contributed by atoms with Gasteiger partial charge in [-0.2, -0.15) is 0 Å². The fourth-order valence-electron chi connectivity index (χ4n) is 5.28. The lowest BCUT2D eigenvalue weighted by molar-refractivity contribution is -0.138. The first-order valence-corrected chi connectivity index (χ1v) is 13.5. The molecule has 1 spiro atoms. The van der Waals surface area contributed by atoms with Gasteiger partial charge in [0.1, 0.15) is 0 Å². The smallest absolute Gasteiger partial charge is 0.336 e. The molecule has 2 heterocycles. The largest absolute Gasteiger partial charge is 0.463 e. The van der Waals surface area contributed by atoms with Crippen LogP contribution in [0.4, 0.5) is 5.69 Å². The molecule has 8 heteroatoms. The molecule has 0 N–H and O–H groups in total. The molecule has 2 aliphatic heterocycles. The molecular weight excluding hydrogens is 488 g/mol. The Labute approximate surface area is 217 Å². The summed E-state index contributed by atoms with van der Waals surface area (Å²) < 4.78 is 35.6. The maximum atomic E-state index is 14.5. The van der Waals surface area contributed by atoms with E-state index in [0.29, 0.717) is 16.8 Å². The molecule has 1 amide bonds. The molecule has 0 aromatic heterocycles. The van der Waals surface area contributed by atoms with Crippen LogP contribution in [0, 0.1) is 13.8 Å². The lowest BCUT2D eigenvalue weighted by Gasteiger charge is -2.36. The molecule has 1 atom stereocenters. The normalized spacial score (nSPS) is 19.1. The minimum absolute atomic E-state index is 0.0348. The van der Waals surface area contributed by atoms with Crippen molar-refractivity contribution < 1.29 is 22.7 Å². The first kappa shape index (κ1) is 24.8. The lowest BCUT2D eigenvalue weighted by Crippen LogP contribution is -2.51. The number of sulfonamides is 1. The summed E-state index contributed by atoms with van der Waals surface area (Å²) in [5.74, 6) is -1.06. The SMILES string of the molecule is CCOC(=O)C1=C(c2ccccc2)N(S(=O)(=O)c2ccc(C)cc2)C2(C1)C(=O)N(C)c1ccc(C)cc12. The van der Waals surface area contributed by atoms with Crippen LogP contribution in [0.25, 0.3) is 5.70 Å². The van der Waals surface area contributed by atoms with Gasteiger partial charge in [-0.1, -0.05) is 65.7 Å². The number of carbonyl (C=O) groups excluding carboxylic acids is 2. The molecule has 0 saturated carbocycles. The third kappa shape index (κ3) is 3.66. The van der Waals surface area contributed by atoms with Crippen molar-refractivity contribution in [3.63, 3.8) is 0 Å². The standard InChI is InChI=1S/C29H28N2O5S/c1-5-36-27(32)23-18-29(24-17-20(3)13-16-25(24)30(4)28(29)33)31(26(23)21-9-7-6-8-10-21)37(34,35)22-14-11-19(2)12-15-22/h6-17H,5,18H2,1-4H3. The minimum atomic E-state index is -4.32. The van der Waals surface area contributed by atoms with Gasteiger partial charge in [-0.3, -0.25) is 4.79 Å². The monoisotopic (exact) mass is 516 g/mol. The molecule has 0 aliphatic carbocycles. The predicted octanol–water partition coefficient (Wildman–Crippen LogP) is 4.54. The second-order valence-corrected chi connectivity index (χ2v) is 11.2. The van der Waals surface area contributed by atoms with Crippen molar-refractivity contribution in [3.8, 4) is 0 Å². The van der Waals surface area contributed by atoms with E-state index in [-0.39, 0.29) is 29.2 Å². The zero-order valence-electron chi connectivity index (χ0n) is 21.2. The number of nitrogens with zero attached hydrogens (tertiary/aromatic N) is 2. The van der Waals surface area contributed by atoms with E-state index in [1.54, 1.807) is 50.4 Å². The second-order valence-electron chi connectivity index (χ2n) is 9.42. The summed E-state index contributed by atoms with van der Waals surface area (Å²) in [5, 5.41) is 0. The van der Waals surface area contributed by atoms with Gasteiger partial charge in [-0.15, -0.1) is 0 Å². The van der Waals surface area contributed by atoms with E-state index >= 15 is 0 Å². The molecule has 190 valence electrons. The number of aryl methyl sites for hydroxylation is 2. The minimum Gasteiger partial charge on any atom is -0.463 e. The van der Waals surface area contributed by atoms with E-state index in [1.165, 1.54) is 21.3 Å². The highest BCUT2D eigenvalue weighted by molar-refractivity contribution is 7.89. The zero-order chi connectivity index (χ0) is 26.5. The number of hydrogen-bond donors (Lipinski definition) is 0. The lowest BCUT2D eigenvalue weighted by atomic mass is 9.87. The Bertz CT molecular complexity index is 1540. The molecule has 0 fully saturated rings. The number of benzene rings is 3. The number of rotatable bonds is 5. The van der Waals surface area contributed by atoms with Crippen molar-refractivity contribution in [2.75, 3.05) is 18.6 Å². The van der Waals surface area contributed by atoms with Crippen molar-refractivity contribution in [1.29, 1.82) is 0 Å². The van der Waals surface area contributed by atoms with Crippen LogP contribution in [0.2, 0.25) is 0 Å². The number of ether oxygens (including phenoxy) is 1. The van der Waals surface area contributed by atoms with Gasteiger partial charge in [0.2, 0.25) is 0 Å². The molecule has 2 aliphatic rings. The molecular formula is C29H28N2O5S. The van der Waals surface area contributed by atoms with Crippen molar-refractivity contribution in [3.05, 3.63) is 101 Å². The van der Waals surface area contributed by atoms with Gasteiger partial charge >= 0.3 is 5.97 Å². The van der Waals surface area contributed by atoms with Crippen LogP contribution in [0.5, 0.6) is 0 Å². The number of amides is 1. The van der Waals surface area contributed by atoms with Gasteiger partial charge in [-0.25, -0.2) is 17.5 Å². The molecule has 0 bridgehead atoms. The van der Waals surface area contributed by atoms with E-state index in [2.05, 4.69) is 0 Å². The van der Waals surface area contributed by atoms with Gasteiger partial charge in [-0.05, 0) is 44.5 Å². The highest BCUT2D eigenvalue weighted by Crippen LogP contribution is 2.57. The van der Waals surface area contributed by atoms with Crippen LogP contribution in [0.1, 0.15) is 35.6 Å². The van der Waals surface area contributed by atoms with E-state index < -0.39 is 27.4 Å². The topological polar surface area (TPSA) is 84.0 Å². The maximum Gasteiger partial charge on any atom is 0.336 e. The summed E-state index contributed by atoms with van der Waals surface area (Å²) in [6, 6.07) is 20.9. The molecule has 5 rings (SSSR count). The average Bonchev–Trinajstić information content (AvgIpc) is 3.35. The number of anilines is 1. The summed E-state index contributed by atoms with van der Waals surface area (Å²) >= 11 is 0. The van der Waals surface area contributed by atoms with Crippen LogP contribution < -0.4 is 4.90 Å². The summed E-state index contributed by atoms with van der Waals surface area (Å²) in [5.41, 5.74) is 2.08. The zero-order valence-corrected chi connectivity index (χ0v) is 22.0. The van der Waals surface area contributed by atoms with Crippen LogP contribution in [0.15, 0.2) is 83.3 Å². The average molecular weight is 517 g/mol. The van der Waals surface area contributed by atoms with Gasteiger partial charge in [0.05, 0.1) is 22.8 Å². The molecule has 3 aromatic carbocycles. The Morgan fingerprint density at radius 1 is 0.973 bits per heavy atom. The summed E-state index contributed by atoms with van der Waals surface area (Å²) in [6.07, 6.45) is -0.138. The fraction of sp³-hybridized carbons (Fsp3) is 0.241. The number of carbonyl (C=O) groups is 2.